The fraction of sp³-hybridized carbons (Fsp3) is 0.381. The highest BCUT2D eigenvalue weighted by atomic mass is 32.2. The van der Waals surface area contributed by atoms with Gasteiger partial charge in [0.25, 0.3) is 0 Å². The minimum atomic E-state index is -3.27. The maximum absolute atomic E-state index is 12.9. The molecule has 4 rings (SSSR count). The van der Waals surface area contributed by atoms with Gasteiger partial charge in [0.05, 0.1) is 11.4 Å². The third kappa shape index (κ3) is 3.20. The molecule has 4 atom stereocenters. The number of hydrogen-bond donors (Lipinski definition) is 1. The van der Waals surface area contributed by atoms with Gasteiger partial charge in [-0.25, -0.2) is 13.2 Å². The van der Waals surface area contributed by atoms with E-state index >= 15 is 0 Å². The molecule has 0 radical (unpaired) electrons. The lowest BCUT2D eigenvalue weighted by atomic mass is 9.75. The summed E-state index contributed by atoms with van der Waals surface area (Å²) >= 11 is 0. The SMILES string of the molecule is C[C@@]1(O)C#C/C=C\C#C[C@H]2[C@@H]3O[C@]31c1ccccc1N2C(=O)OCCS(C)(=O)=O. The lowest BCUT2D eigenvalue weighted by Gasteiger charge is -2.38. The van der Waals surface area contributed by atoms with Gasteiger partial charge in [-0.3, -0.25) is 4.90 Å². The average Bonchev–Trinajstić information content (AvgIpc) is 3.40. The van der Waals surface area contributed by atoms with E-state index in [0.29, 0.717) is 11.3 Å². The molecule has 0 saturated carbocycles. The van der Waals surface area contributed by atoms with E-state index < -0.39 is 39.3 Å². The Hall–Kier alpha value is -2.78. The molecule has 1 fully saturated rings. The van der Waals surface area contributed by atoms with Crippen molar-refractivity contribution >= 4 is 21.6 Å². The van der Waals surface area contributed by atoms with E-state index in [0.717, 1.165) is 6.26 Å². The third-order valence-corrected chi connectivity index (χ3v) is 6.09. The van der Waals surface area contributed by atoms with Crippen LogP contribution in [-0.2, 0) is 24.9 Å². The van der Waals surface area contributed by atoms with E-state index in [4.69, 9.17) is 9.47 Å². The van der Waals surface area contributed by atoms with Gasteiger partial charge in [-0.05, 0) is 25.1 Å². The smallest absolute Gasteiger partial charge is 0.415 e. The van der Waals surface area contributed by atoms with Gasteiger partial charge in [0, 0.05) is 11.8 Å². The van der Waals surface area contributed by atoms with Crippen LogP contribution in [0.15, 0.2) is 36.4 Å². The predicted molar refractivity (Wildman–Crippen MR) is 106 cm³/mol. The van der Waals surface area contributed by atoms with Crippen LogP contribution in [0, 0.1) is 23.7 Å². The number of benzene rings is 1. The number of nitrogens with zero attached hydrogens (tertiary/aromatic N) is 1. The van der Waals surface area contributed by atoms with Gasteiger partial charge in [0.1, 0.15) is 18.8 Å². The van der Waals surface area contributed by atoms with Crippen molar-refractivity contribution < 1.29 is 27.8 Å². The summed E-state index contributed by atoms with van der Waals surface area (Å²) in [5.41, 5.74) is -1.55. The first-order valence-electron chi connectivity index (χ1n) is 8.99. The number of epoxide rings is 1. The quantitative estimate of drug-likeness (QED) is 0.586. The maximum atomic E-state index is 12.9. The standard InChI is InChI=1S/C21H19NO6S/c1-20(24)12-8-4-3-5-11-17-18-21(20,28-18)15-9-6-7-10-16(15)22(17)19(23)27-13-14-29(2,25)26/h3-4,6-7,9-10,17-18,24H,13-14H2,1-2H3/b4-3-/t17-,18-,20+,21+/m0/s1. The molecule has 1 aliphatic carbocycles. The van der Waals surface area contributed by atoms with Gasteiger partial charge in [-0.15, -0.1) is 0 Å². The van der Waals surface area contributed by atoms with E-state index in [-0.39, 0.29) is 12.4 Å². The summed E-state index contributed by atoms with van der Waals surface area (Å²) in [7, 11) is -3.27. The summed E-state index contributed by atoms with van der Waals surface area (Å²) in [4.78, 5) is 14.3. The molecule has 1 saturated heterocycles. The molecule has 0 aromatic heterocycles. The Morgan fingerprint density at radius 2 is 2.03 bits per heavy atom. The Morgan fingerprint density at radius 1 is 1.31 bits per heavy atom. The molecule has 2 bridgehead atoms. The van der Waals surface area contributed by atoms with Crippen LogP contribution in [0.2, 0.25) is 0 Å². The summed E-state index contributed by atoms with van der Waals surface area (Å²) < 4.78 is 33.9. The van der Waals surface area contributed by atoms with Crippen LogP contribution in [0.5, 0.6) is 0 Å². The van der Waals surface area contributed by atoms with Crippen LogP contribution in [0.25, 0.3) is 0 Å². The Morgan fingerprint density at radius 3 is 2.79 bits per heavy atom. The molecule has 29 heavy (non-hydrogen) atoms. The highest BCUT2D eigenvalue weighted by Crippen LogP contribution is 2.61. The van der Waals surface area contributed by atoms with E-state index in [9.17, 15) is 18.3 Å². The van der Waals surface area contributed by atoms with Gasteiger partial charge in [0.15, 0.2) is 21.0 Å². The van der Waals surface area contributed by atoms with Crippen LogP contribution in [0.3, 0.4) is 0 Å². The highest BCUT2D eigenvalue weighted by molar-refractivity contribution is 7.90. The average molecular weight is 413 g/mol. The number of fused-ring (bicyclic) bond motifs is 1. The molecular formula is C21H19NO6S. The van der Waals surface area contributed by atoms with Crippen molar-refractivity contribution in [2.75, 3.05) is 23.5 Å². The number of allylic oxidation sites excluding steroid dienone is 2. The summed E-state index contributed by atoms with van der Waals surface area (Å²) in [6, 6.07) is 6.29. The van der Waals surface area contributed by atoms with Crippen LogP contribution in [-0.4, -0.2) is 56.0 Å². The fourth-order valence-corrected chi connectivity index (χ4v) is 4.19. The van der Waals surface area contributed by atoms with Crippen LogP contribution < -0.4 is 4.90 Å². The van der Waals surface area contributed by atoms with Crippen molar-refractivity contribution in [2.45, 2.75) is 30.3 Å². The predicted octanol–water partition coefficient (Wildman–Crippen LogP) is 0.978. The maximum Gasteiger partial charge on any atom is 0.415 e. The van der Waals surface area contributed by atoms with Crippen molar-refractivity contribution in [3.05, 3.63) is 42.0 Å². The number of hydrogen-bond acceptors (Lipinski definition) is 6. The number of carbonyl (C=O) groups excluding carboxylic acids is 1. The summed E-state index contributed by atoms with van der Waals surface area (Å²) in [6.45, 7) is 1.31. The second-order valence-corrected chi connectivity index (χ2v) is 9.57. The van der Waals surface area contributed by atoms with Gasteiger partial charge in [0.2, 0.25) is 0 Å². The molecule has 0 spiro atoms. The van der Waals surface area contributed by atoms with Crippen molar-refractivity contribution in [3.8, 4) is 23.7 Å². The largest absolute Gasteiger partial charge is 0.448 e. The van der Waals surface area contributed by atoms with Crippen molar-refractivity contribution in [1.82, 2.24) is 0 Å². The summed E-state index contributed by atoms with van der Waals surface area (Å²) in [5.74, 6) is 11.2. The van der Waals surface area contributed by atoms with Crippen molar-refractivity contribution in [2.24, 2.45) is 0 Å². The molecule has 1 N–H and O–H groups in total. The second kappa shape index (κ2) is 6.64. The molecule has 3 aliphatic rings. The first kappa shape index (κ1) is 19.5. The molecule has 150 valence electrons. The van der Waals surface area contributed by atoms with Gasteiger partial charge >= 0.3 is 6.09 Å². The monoisotopic (exact) mass is 413 g/mol. The zero-order chi connectivity index (χ0) is 20.9. The number of para-hydroxylation sites is 1. The molecule has 7 nitrogen and oxygen atoms in total. The van der Waals surface area contributed by atoms with Crippen LogP contribution in [0.1, 0.15) is 12.5 Å². The Labute approximate surface area is 169 Å². The number of rotatable bonds is 3. The number of amides is 1. The molecule has 2 heterocycles. The molecular weight excluding hydrogens is 394 g/mol. The minimum Gasteiger partial charge on any atom is -0.448 e. The van der Waals surface area contributed by atoms with Gasteiger partial charge in [-0.2, -0.15) is 0 Å². The number of aliphatic hydroxyl groups is 1. The number of ether oxygens (including phenoxy) is 2. The van der Waals surface area contributed by atoms with Gasteiger partial charge < -0.3 is 14.6 Å². The first-order chi connectivity index (χ1) is 13.7. The van der Waals surface area contributed by atoms with Crippen molar-refractivity contribution in [1.29, 1.82) is 0 Å². The molecule has 8 heteroatoms. The molecule has 2 aliphatic heterocycles. The van der Waals surface area contributed by atoms with Crippen LogP contribution in [0.4, 0.5) is 10.5 Å². The highest BCUT2D eigenvalue weighted by Gasteiger charge is 2.74. The Balaban J connectivity index is 1.78. The zero-order valence-electron chi connectivity index (χ0n) is 15.9. The van der Waals surface area contributed by atoms with Crippen molar-refractivity contribution in [3.63, 3.8) is 0 Å². The molecule has 1 amide bonds. The lowest BCUT2D eigenvalue weighted by molar-refractivity contribution is 0.0264. The van der Waals surface area contributed by atoms with E-state index in [1.54, 1.807) is 31.2 Å². The fourth-order valence-electron chi connectivity index (χ4n) is 3.80. The van der Waals surface area contributed by atoms with E-state index in [2.05, 4.69) is 23.7 Å². The Bertz CT molecular complexity index is 1130. The van der Waals surface area contributed by atoms with Gasteiger partial charge in [-0.1, -0.05) is 41.9 Å². The molecule has 1 aromatic carbocycles. The lowest BCUT2D eigenvalue weighted by Crippen LogP contribution is -2.54. The number of carbonyl (C=O) groups is 1. The van der Waals surface area contributed by atoms with E-state index in [1.165, 1.54) is 17.1 Å². The summed E-state index contributed by atoms with van der Waals surface area (Å²) in [5, 5.41) is 11.1. The Kier molecular flexibility index (Phi) is 4.47. The number of anilines is 1. The minimum absolute atomic E-state index is 0.268. The van der Waals surface area contributed by atoms with E-state index in [1.807, 2.05) is 0 Å². The normalized spacial score (nSPS) is 32.3. The zero-order valence-corrected chi connectivity index (χ0v) is 16.7. The third-order valence-electron chi connectivity index (χ3n) is 5.18. The summed E-state index contributed by atoms with van der Waals surface area (Å²) in [6.07, 6.45) is 2.80. The number of sulfone groups is 1. The molecule has 0 unspecified atom stereocenters. The molecule has 1 aromatic rings. The van der Waals surface area contributed by atoms with Crippen LogP contribution >= 0.6 is 0 Å². The second-order valence-electron chi connectivity index (χ2n) is 7.31. The topological polar surface area (TPSA) is 96.4 Å². The first-order valence-corrected chi connectivity index (χ1v) is 11.1.